The number of anilines is 1. The minimum Gasteiger partial charge on any atom is -0.352 e. The predicted molar refractivity (Wildman–Crippen MR) is 106 cm³/mol. The van der Waals surface area contributed by atoms with E-state index in [0.29, 0.717) is 17.1 Å². The van der Waals surface area contributed by atoms with Crippen LogP contribution in [0.5, 0.6) is 0 Å². The van der Waals surface area contributed by atoms with E-state index in [2.05, 4.69) is 10.0 Å². The fourth-order valence-corrected chi connectivity index (χ4v) is 3.74. The first-order chi connectivity index (χ1) is 12.2. The maximum Gasteiger partial charge on any atom is 0.253 e. The van der Waals surface area contributed by atoms with Gasteiger partial charge in [-0.15, -0.1) is 0 Å². The first-order valence-electron chi connectivity index (χ1n) is 7.99. The fourth-order valence-electron chi connectivity index (χ4n) is 2.21. The molecule has 0 saturated carbocycles. The van der Waals surface area contributed by atoms with E-state index in [1.165, 1.54) is 6.07 Å². The fraction of sp³-hybridized carbons (Fsp3) is 0.278. The van der Waals surface area contributed by atoms with Crippen LogP contribution in [0.2, 0.25) is 10.0 Å². The average Bonchev–Trinajstić information content (AvgIpc) is 2.56. The van der Waals surface area contributed by atoms with Crippen molar-refractivity contribution in [1.29, 1.82) is 0 Å². The molecule has 0 fully saturated rings. The van der Waals surface area contributed by atoms with Gasteiger partial charge in [0, 0.05) is 6.54 Å². The Morgan fingerprint density at radius 2 is 1.77 bits per heavy atom. The Kier molecular flexibility index (Phi) is 6.92. The lowest BCUT2D eigenvalue weighted by atomic mass is 10.1. The van der Waals surface area contributed by atoms with E-state index in [4.69, 9.17) is 23.2 Å². The van der Waals surface area contributed by atoms with Crippen molar-refractivity contribution >= 4 is 44.8 Å². The lowest BCUT2D eigenvalue weighted by molar-refractivity contribution is 0.0950. The Balaban J connectivity index is 2.18. The first-order valence-corrected chi connectivity index (χ1v) is 10.4. The van der Waals surface area contributed by atoms with Crippen molar-refractivity contribution < 1.29 is 13.2 Å². The van der Waals surface area contributed by atoms with Gasteiger partial charge in [0.25, 0.3) is 5.91 Å². The highest BCUT2D eigenvalue weighted by Crippen LogP contribution is 2.24. The van der Waals surface area contributed by atoms with Crippen LogP contribution in [0.25, 0.3) is 0 Å². The van der Waals surface area contributed by atoms with Crippen LogP contribution in [-0.2, 0) is 15.8 Å². The second kappa shape index (κ2) is 8.75. The van der Waals surface area contributed by atoms with Gasteiger partial charge in [-0.3, -0.25) is 9.52 Å². The van der Waals surface area contributed by atoms with Crippen molar-refractivity contribution in [3.63, 3.8) is 0 Å². The topological polar surface area (TPSA) is 75.3 Å². The number of hydrogen-bond donors (Lipinski definition) is 2. The van der Waals surface area contributed by atoms with E-state index in [9.17, 15) is 13.2 Å². The van der Waals surface area contributed by atoms with Gasteiger partial charge in [-0.2, -0.15) is 0 Å². The van der Waals surface area contributed by atoms with Crippen LogP contribution in [0.1, 0.15) is 29.8 Å². The summed E-state index contributed by atoms with van der Waals surface area (Å²) in [6.45, 7) is 4.46. The number of rotatable bonds is 7. The Morgan fingerprint density at radius 1 is 1.08 bits per heavy atom. The zero-order chi connectivity index (χ0) is 19.3. The molecule has 0 aliphatic heterocycles. The summed E-state index contributed by atoms with van der Waals surface area (Å²) in [5, 5.41) is 3.42. The lowest BCUT2D eigenvalue weighted by Crippen LogP contribution is -2.28. The molecule has 0 bridgehead atoms. The third kappa shape index (κ3) is 5.90. The third-order valence-electron chi connectivity index (χ3n) is 3.45. The molecule has 0 radical (unpaired) electrons. The number of halogens is 2. The molecule has 8 heteroatoms. The number of carbonyl (C=O) groups is 1. The van der Waals surface area contributed by atoms with Gasteiger partial charge in [-0.05, 0) is 35.7 Å². The van der Waals surface area contributed by atoms with E-state index in [1.807, 2.05) is 13.8 Å². The largest absolute Gasteiger partial charge is 0.352 e. The molecule has 0 aromatic heterocycles. The van der Waals surface area contributed by atoms with Crippen molar-refractivity contribution in [1.82, 2.24) is 5.32 Å². The van der Waals surface area contributed by atoms with E-state index < -0.39 is 10.0 Å². The van der Waals surface area contributed by atoms with Crippen molar-refractivity contribution in [3.05, 3.63) is 63.6 Å². The number of amides is 1. The van der Waals surface area contributed by atoms with Crippen molar-refractivity contribution in [3.8, 4) is 0 Å². The van der Waals surface area contributed by atoms with Gasteiger partial charge in [0.2, 0.25) is 10.0 Å². The zero-order valence-corrected chi connectivity index (χ0v) is 16.8. The first kappa shape index (κ1) is 20.6. The highest BCUT2D eigenvalue weighted by Gasteiger charge is 2.17. The summed E-state index contributed by atoms with van der Waals surface area (Å²) in [4.78, 5) is 12.3. The summed E-state index contributed by atoms with van der Waals surface area (Å²) in [5.74, 6) is -0.324. The molecule has 26 heavy (non-hydrogen) atoms. The van der Waals surface area contributed by atoms with E-state index in [-0.39, 0.29) is 33.9 Å². The number of benzene rings is 2. The summed E-state index contributed by atoms with van der Waals surface area (Å²) in [6, 6.07) is 11.1. The van der Waals surface area contributed by atoms with Crippen LogP contribution in [0.15, 0.2) is 42.5 Å². The third-order valence-corrected chi connectivity index (χ3v) is 5.43. The van der Waals surface area contributed by atoms with Gasteiger partial charge < -0.3 is 5.32 Å². The molecule has 1 amide bonds. The monoisotopic (exact) mass is 414 g/mol. The molecular weight excluding hydrogens is 395 g/mol. The summed E-state index contributed by atoms with van der Waals surface area (Å²) >= 11 is 11.8. The second-order valence-corrected chi connectivity index (χ2v) is 8.80. The molecule has 0 spiro atoms. The lowest BCUT2D eigenvalue weighted by Gasteiger charge is -2.14. The van der Waals surface area contributed by atoms with Crippen LogP contribution >= 0.6 is 23.2 Å². The van der Waals surface area contributed by atoms with Crippen LogP contribution in [0.3, 0.4) is 0 Å². The van der Waals surface area contributed by atoms with Gasteiger partial charge in [-0.25, -0.2) is 8.42 Å². The molecule has 2 N–H and O–H groups in total. The molecule has 0 heterocycles. The number of carbonyl (C=O) groups excluding carboxylic acids is 1. The van der Waals surface area contributed by atoms with E-state index in [1.54, 1.807) is 36.4 Å². The number of hydrogen-bond acceptors (Lipinski definition) is 3. The Hall–Kier alpha value is -1.76. The van der Waals surface area contributed by atoms with Gasteiger partial charge in [0.15, 0.2) is 0 Å². The van der Waals surface area contributed by atoms with Crippen LogP contribution in [-0.4, -0.2) is 20.9 Å². The second-order valence-electron chi connectivity index (χ2n) is 6.26. The van der Waals surface area contributed by atoms with Crippen LogP contribution in [0.4, 0.5) is 5.69 Å². The Morgan fingerprint density at radius 3 is 2.42 bits per heavy atom. The van der Waals surface area contributed by atoms with Gasteiger partial charge in [-0.1, -0.05) is 55.2 Å². The van der Waals surface area contributed by atoms with Crippen molar-refractivity contribution in [2.45, 2.75) is 19.6 Å². The molecule has 0 unspecified atom stereocenters. The highest BCUT2D eigenvalue weighted by molar-refractivity contribution is 7.91. The summed E-state index contributed by atoms with van der Waals surface area (Å²) in [5.41, 5.74) is 0.994. The zero-order valence-electron chi connectivity index (χ0n) is 14.4. The predicted octanol–water partition coefficient (Wildman–Crippen LogP) is 4.32. The van der Waals surface area contributed by atoms with Crippen LogP contribution < -0.4 is 10.0 Å². The summed E-state index contributed by atoms with van der Waals surface area (Å²) < 4.78 is 27.4. The molecule has 0 atom stereocenters. The van der Waals surface area contributed by atoms with Crippen molar-refractivity contribution in [2.75, 3.05) is 11.3 Å². The molecule has 2 aromatic rings. The average molecular weight is 415 g/mol. The molecule has 0 saturated heterocycles. The smallest absolute Gasteiger partial charge is 0.253 e. The minimum absolute atomic E-state index is 0.230. The molecule has 2 aromatic carbocycles. The molecule has 0 aliphatic rings. The SMILES string of the molecule is CC(C)CNC(=O)c1ccccc1NS(=O)(=O)Cc1ccc(Cl)c(Cl)c1. The molecule has 0 aliphatic carbocycles. The molecule has 2 rings (SSSR count). The Labute approximate surface area is 163 Å². The minimum atomic E-state index is -3.74. The molecule has 140 valence electrons. The summed E-state index contributed by atoms with van der Waals surface area (Å²) in [7, 11) is -3.74. The molecule has 5 nitrogen and oxygen atoms in total. The highest BCUT2D eigenvalue weighted by atomic mass is 35.5. The maximum atomic E-state index is 12.5. The summed E-state index contributed by atoms with van der Waals surface area (Å²) in [6.07, 6.45) is 0. The van der Waals surface area contributed by atoms with Gasteiger partial charge in [0.1, 0.15) is 0 Å². The standard InChI is InChI=1S/C18H20Cl2N2O3S/c1-12(2)10-21-18(23)14-5-3-4-6-17(14)22-26(24,25)11-13-7-8-15(19)16(20)9-13/h3-9,12,22H,10-11H2,1-2H3,(H,21,23). The normalized spacial score (nSPS) is 11.4. The van der Waals surface area contributed by atoms with Gasteiger partial charge in [0.05, 0.1) is 27.0 Å². The van der Waals surface area contributed by atoms with Crippen LogP contribution in [0, 0.1) is 5.92 Å². The van der Waals surface area contributed by atoms with E-state index >= 15 is 0 Å². The molecular formula is C18H20Cl2N2O3S. The van der Waals surface area contributed by atoms with Crippen molar-refractivity contribution in [2.24, 2.45) is 5.92 Å². The number of nitrogens with one attached hydrogen (secondary N) is 2. The number of sulfonamides is 1. The quantitative estimate of drug-likeness (QED) is 0.707. The maximum absolute atomic E-state index is 12.5. The number of para-hydroxylation sites is 1. The van der Waals surface area contributed by atoms with E-state index in [0.717, 1.165) is 0 Å². The Bertz CT molecular complexity index is 899. The van der Waals surface area contributed by atoms with Gasteiger partial charge >= 0.3 is 0 Å².